The number of ether oxygens (including phenoxy) is 1. The molecule has 0 spiro atoms. The van der Waals surface area contributed by atoms with Crippen LogP contribution in [0.2, 0.25) is 0 Å². The number of carbonyl (C=O) groups excluding carboxylic acids is 2. The van der Waals surface area contributed by atoms with E-state index >= 15 is 0 Å². The van der Waals surface area contributed by atoms with E-state index in [9.17, 15) is 9.59 Å². The number of quaternary nitrogens is 1. The van der Waals surface area contributed by atoms with Crippen LogP contribution in [0, 0.1) is 0 Å². The van der Waals surface area contributed by atoms with Crippen molar-refractivity contribution in [1.29, 1.82) is 0 Å². The third-order valence-electron chi connectivity index (χ3n) is 5.82. The number of imidazole rings is 1. The molecule has 7 nitrogen and oxygen atoms in total. The number of rotatable bonds is 6. The third-order valence-corrected chi connectivity index (χ3v) is 5.82. The van der Waals surface area contributed by atoms with Gasteiger partial charge < -0.3 is 15.5 Å². The van der Waals surface area contributed by atoms with E-state index in [-0.39, 0.29) is 16.8 Å². The maximum Gasteiger partial charge on any atom is 0.319 e. The van der Waals surface area contributed by atoms with Gasteiger partial charge in [0.25, 0.3) is 5.91 Å². The standard InChI is InChI=1S/C22H24N4O3/c1-29-19-11-5-4-9-17(19)26(14-6-10-18(26)22(23)28)21(27)13-12-20-24-15-7-2-3-8-16(15)25-20/h2-5,7-9,11,18H,6,10,12-14H2,1H3,(H2-,23,24,25,28)/p+1/t18-,26?/m0/s1. The maximum atomic E-state index is 13.6. The average molecular weight is 393 g/mol. The summed E-state index contributed by atoms with van der Waals surface area (Å²) in [6.07, 6.45) is 2.06. The highest BCUT2D eigenvalue weighted by Gasteiger charge is 2.53. The van der Waals surface area contributed by atoms with Gasteiger partial charge in [-0.05, 0) is 18.2 Å². The third kappa shape index (κ3) is 3.27. The van der Waals surface area contributed by atoms with Gasteiger partial charge in [-0.3, -0.25) is 4.79 Å². The van der Waals surface area contributed by atoms with Crippen molar-refractivity contribution < 1.29 is 14.3 Å². The predicted molar refractivity (Wildman–Crippen MR) is 111 cm³/mol. The predicted octanol–water partition coefficient (Wildman–Crippen LogP) is 2.69. The molecule has 1 aliphatic rings. The highest BCUT2D eigenvalue weighted by atomic mass is 16.5. The van der Waals surface area contributed by atoms with E-state index in [0.717, 1.165) is 23.3 Å². The SMILES string of the molecule is COc1ccccc1[N+]1(C(=O)CCc2nc3ccccc3[nH]2)CCC[C@H]1C(N)=O. The number of fused-ring (bicyclic) bond motifs is 1. The van der Waals surface area contributed by atoms with Crippen LogP contribution in [-0.2, 0) is 16.0 Å². The number of nitrogens with zero attached hydrogens (tertiary/aromatic N) is 2. The number of amides is 2. The highest BCUT2D eigenvalue weighted by molar-refractivity contribution is 5.97. The van der Waals surface area contributed by atoms with E-state index in [1.807, 2.05) is 48.5 Å². The quantitative estimate of drug-likeness (QED) is 0.629. The summed E-state index contributed by atoms with van der Waals surface area (Å²) in [4.78, 5) is 33.7. The summed E-state index contributed by atoms with van der Waals surface area (Å²) in [6.45, 7) is 0.535. The Morgan fingerprint density at radius 2 is 1.97 bits per heavy atom. The zero-order valence-corrected chi connectivity index (χ0v) is 16.4. The Hall–Kier alpha value is -3.19. The molecule has 0 saturated carbocycles. The number of hydrogen-bond acceptors (Lipinski definition) is 4. The van der Waals surface area contributed by atoms with Gasteiger partial charge in [0, 0.05) is 25.3 Å². The number of aromatic amines is 1. The first-order valence-electron chi connectivity index (χ1n) is 9.84. The van der Waals surface area contributed by atoms with Gasteiger partial charge in [-0.15, -0.1) is 0 Å². The molecule has 2 aromatic carbocycles. The second-order valence-electron chi connectivity index (χ2n) is 7.42. The molecule has 1 unspecified atom stereocenters. The molecule has 7 heteroatoms. The number of methoxy groups -OCH3 is 1. The molecular weight excluding hydrogens is 368 g/mol. The van der Waals surface area contributed by atoms with Crippen LogP contribution in [-0.4, -0.2) is 41.5 Å². The van der Waals surface area contributed by atoms with Crippen molar-refractivity contribution in [3.05, 3.63) is 54.4 Å². The van der Waals surface area contributed by atoms with Crippen molar-refractivity contribution in [2.45, 2.75) is 31.7 Å². The summed E-state index contributed by atoms with van der Waals surface area (Å²) in [5, 5.41) is 0. The number of benzene rings is 2. The summed E-state index contributed by atoms with van der Waals surface area (Å²) in [5.74, 6) is 0.854. The monoisotopic (exact) mass is 393 g/mol. The molecule has 2 atom stereocenters. The molecule has 150 valence electrons. The van der Waals surface area contributed by atoms with E-state index in [2.05, 4.69) is 9.97 Å². The van der Waals surface area contributed by atoms with Gasteiger partial charge in [0.1, 0.15) is 5.82 Å². The number of hydrogen-bond donors (Lipinski definition) is 2. The summed E-state index contributed by atoms with van der Waals surface area (Å²) in [5.41, 5.74) is 8.25. The Morgan fingerprint density at radius 3 is 2.72 bits per heavy atom. The molecule has 0 radical (unpaired) electrons. The Balaban J connectivity index is 1.67. The fourth-order valence-electron chi connectivity index (χ4n) is 4.50. The second kappa shape index (κ2) is 7.67. The normalized spacial score (nSPS) is 21.3. The van der Waals surface area contributed by atoms with Gasteiger partial charge >= 0.3 is 5.91 Å². The Morgan fingerprint density at radius 1 is 1.21 bits per heavy atom. The molecular formula is C22H25N4O3+. The number of nitrogens with two attached hydrogens (primary N) is 1. The van der Waals surface area contributed by atoms with Crippen LogP contribution < -0.4 is 15.0 Å². The van der Waals surface area contributed by atoms with Crippen LogP contribution in [0.3, 0.4) is 0 Å². The number of primary amides is 1. The van der Waals surface area contributed by atoms with E-state index in [1.165, 1.54) is 0 Å². The van der Waals surface area contributed by atoms with Crippen molar-refractivity contribution in [1.82, 2.24) is 14.5 Å². The fraction of sp³-hybridized carbons (Fsp3) is 0.318. The molecule has 2 amide bonds. The lowest BCUT2D eigenvalue weighted by Crippen LogP contribution is -2.61. The van der Waals surface area contributed by atoms with Crippen LogP contribution in [0.25, 0.3) is 11.0 Å². The van der Waals surface area contributed by atoms with E-state index in [4.69, 9.17) is 10.5 Å². The largest absolute Gasteiger partial charge is 0.491 e. The molecule has 3 N–H and O–H groups in total. The molecule has 1 fully saturated rings. The zero-order chi connectivity index (χ0) is 20.4. The maximum absolute atomic E-state index is 13.6. The highest BCUT2D eigenvalue weighted by Crippen LogP contribution is 2.41. The van der Waals surface area contributed by atoms with Crippen molar-refractivity contribution in [3.8, 4) is 5.75 Å². The average Bonchev–Trinajstić information content (AvgIpc) is 3.36. The van der Waals surface area contributed by atoms with Crippen LogP contribution in [0.4, 0.5) is 5.69 Å². The first kappa shape index (κ1) is 19.1. The first-order chi connectivity index (χ1) is 14.1. The van der Waals surface area contributed by atoms with Gasteiger partial charge in [-0.1, -0.05) is 24.3 Å². The summed E-state index contributed by atoms with van der Waals surface area (Å²) in [7, 11) is 1.57. The lowest BCUT2D eigenvalue weighted by molar-refractivity contribution is -0.136. The summed E-state index contributed by atoms with van der Waals surface area (Å²) < 4.78 is 5.44. The molecule has 3 aromatic rings. The first-order valence-corrected chi connectivity index (χ1v) is 9.84. The number of aromatic nitrogens is 2. The van der Waals surface area contributed by atoms with Gasteiger partial charge in [0.05, 0.1) is 31.1 Å². The Labute approximate surface area is 169 Å². The lowest BCUT2D eigenvalue weighted by Gasteiger charge is -2.36. The number of H-pyrrole nitrogens is 1. The number of carbonyl (C=O) groups is 2. The van der Waals surface area contributed by atoms with Crippen molar-refractivity contribution in [2.75, 3.05) is 13.7 Å². The number of para-hydroxylation sites is 4. The zero-order valence-electron chi connectivity index (χ0n) is 16.4. The van der Waals surface area contributed by atoms with Crippen molar-refractivity contribution >= 4 is 28.5 Å². The van der Waals surface area contributed by atoms with Crippen LogP contribution >= 0.6 is 0 Å². The van der Waals surface area contributed by atoms with E-state index < -0.39 is 11.9 Å². The molecule has 2 heterocycles. The summed E-state index contributed by atoms with van der Waals surface area (Å²) >= 11 is 0. The minimum absolute atomic E-state index is 0.0451. The summed E-state index contributed by atoms with van der Waals surface area (Å²) in [6, 6.07) is 14.6. The van der Waals surface area contributed by atoms with Gasteiger partial charge in [0.15, 0.2) is 17.5 Å². The molecule has 1 aliphatic heterocycles. The van der Waals surface area contributed by atoms with Gasteiger partial charge in [-0.25, -0.2) is 14.3 Å². The second-order valence-corrected chi connectivity index (χ2v) is 7.42. The van der Waals surface area contributed by atoms with Crippen LogP contribution in [0.1, 0.15) is 25.1 Å². The smallest absolute Gasteiger partial charge is 0.319 e. The number of likely N-dealkylation sites (tertiary alicyclic amines) is 1. The Bertz CT molecular complexity index is 1030. The molecule has 0 aliphatic carbocycles. The lowest BCUT2D eigenvalue weighted by atomic mass is 10.1. The van der Waals surface area contributed by atoms with Gasteiger partial charge in [-0.2, -0.15) is 0 Å². The fourth-order valence-corrected chi connectivity index (χ4v) is 4.50. The number of aryl methyl sites for hydroxylation is 1. The van der Waals surface area contributed by atoms with Gasteiger partial charge in [0.2, 0.25) is 0 Å². The topological polar surface area (TPSA) is 98.1 Å². The molecule has 1 aromatic heterocycles. The van der Waals surface area contributed by atoms with E-state index in [1.54, 1.807) is 7.11 Å². The Kier molecular flexibility index (Phi) is 5.07. The minimum atomic E-state index is -0.588. The minimum Gasteiger partial charge on any atom is -0.491 e. The molecule has 29 heavy (non-hydrogen) atoms. The molecule has 0 bridgehead atoms. The number of nitrogens with one attached hydrogen (secondary N) is 1. The van der Waals surface area contributed by atoms with Crippen LogP contribution in [0.5, 0.6) is 5.75 Å². The van der Waals surface area contributed by atoms with Crippen molar-refractivity contribution in [3.63, 3.8) is 0 Å². The van der Waals surface area contributed by atoms with Crippen LogP contribution in [0.15, 0.2) is 48.5 Å². The molecule has 4 rings (SSSR count). The molecule has 1 saturated heterocycles. The van der Waals surface area contributed by atoms with E-state index in [0.29, 0.717) is 30.8 Å². The van der Waals surface area contributed by atoms with Crippen molar-refractivity contribution in [2.24, 2.45) is 5.73 Å².